The molecule has 0 bridgehead atoms. The van der Waals surface area contributed by atoms with Gasteiger partial charge in [0.1, 0.15) is 11.5 Å². The van der Waals surface area contributed by atoms with Crippen molar-refractivity contribution in [2.45, 2.75) is 20.8 Å². The second-order valence-electron chi connectivity index (χ2n) is 7.38. The molecule has 0 aliphatic heterocycles. The number of aliphatic carboxylic acids is 1. The van der Waals surface area contributed by atoms with Crippen LogP contribution in [0.5, 0.6) is 11.5 Å². The first kappa shape index (κ1) is 25.6. The van der Waals surface area contributed by atoms with Crippen LogP contribution in [0.25, 0.3) is 33.9 Å². The maximum absolute atomic E-state index is 10.2. The van der Waals surface area contributed by atoms with Gasteiger partial charge in [-0.2, -0.15) is 0 Å². The minimum absolute atomic E-state index is 0. The molecule has 0 saturated heterocycles. The van der Waals surface area contributed by atoms with E-state index in [1.54, 1.807) is 12.1 Å². The van der Waals surface area contributed by atoms with E-state index in [1.807, 2.05) is 74.5 Å². The molecule has 0 aliphatic carbocycles. The molecule has 0 unspecified atom stereocenters. The van der Waals surface area contributed by atoms with Gasteiger partial charge >= 0.3 is 0 Å². The zero-order valence-corrected chi connectivity index (χ0v) is 19.6. The predicted octanol–water partition coefficient (Wildman–Crippen LogP) is 5.59. The van der Waals surface area contributed by atoms with Crippen molar-refractivity contribution in [3.63, 3.8) is 0 Å². The Labute approximate surface area is 203 Å². The molecule has 4 aromatic rings. The van der Waals surface area contributed by atoms with Gasteiger partial charge in [-0.15, -0.1) is 0 Å². The molecule has 2 heterocycles. The van der Waals surface area contributed by atoms with Crippen molar-refractivity contribution < 1.29 is 37.2 Å². The SMILES string of the molecule is CC(=O)O.Cc1ccc(O)c(-c2cccc(-c3cccc(-c4cc(C)ccc4O)n3)n2)c1.[Mn]. The zero-order chi connectivity index (χ0) is 23.3. The summed E-state index contributed by atoms with van der Waals surface area (Å²) < 4.78 is 0. The van der Waals surface area contributed by atoms with Gasteiger partial charge in [-0.25, -0.2) is 9.97 Å². The van der Waals surface area contributed by atoms with E-state index in [4.69, 9.17) is 19.9 Å². The number of carboxylic acid groups (broad SMARTS) is 1. The summed E-state index contributed by atoms with van der Waals surface area (Å²) in [6, 6.07) is 22.2. The first-order valence-corrected chi connectivity index (χ1v) is 9.98. The van der Waals surface area contributed by atoms with Gasteiger partial charge in [0, 0.05) is 35.1 Å². The molecule has 33 heavy (non-hydrogen) atoms. The molecule has 2 aromatic carbocycles. The summed E-state index contributed by atoms with van der Waals surface area (Å²) in [6.07, 6.45) is 0. The zero-order valence-electron chi connectivity index (χ0n) is 18.5. The fraction of sp³-hybridized carbons (Fsp3) is 0.115. The smallest absolute Gasteiger partial charge is 0.300 e. The first-order valence-electron chi connectivity index (χ1n) is 9.98. The number of hydrogen-bond acceptors (Lipinski definition) is 5. The molecular formula is C26H24MnN2O4. The largest absolute Gasteiger partial charge is 0.507 e. The minimum Gasteiger partial charge on any atom is -0.507 e. The van der Waals surface area contributed by atoms with Crippen LogP contribution in [-0.2, 0) is 21.9 Å². The maximum atomic E-state index is 10.2. The van der Waals surface area contributed by atoms with E-state index in [-0.39, 0.29) is 28.6 Å². The molecule has 3 N–H and O–H groups in total. The summed E-state index contributed by atoms with van der Waals surface area (Å²) in [6.45, 7) is 5.04. The molecule has 0 fully saturated rings. The summed E-state index contributed by atoms with van der Waals surface area (Å²) in [7, 11) is 0. The molecule has 0 aliphatic rings. The fourth-order valence-corrected chi connectivity index (χ4v) is 3.16. The van der Waals surface area contributed by atoms with E-state index in [0.29, 0.717) is 33.9 Å². The van der Waals surface area contributed by atoms with Crippen LogP contribution in [-0.4, -0.2) is 31.3 Å². The number of aromatic hydroxyl groups is 2. The third kappa shape index (κ3) is 6.65. The van der Waals surface area contributed by atoms with Crippen molar-refractivity contribution in [1.82, 2.24) is 9.97 Å². The number of carboxylic acids is 1. The van der Waals surface area contributed by atoms with E-state index < -0.39 is 5.97 Å². The van der Waals surface area contributed by atoms with E-state index in [1.165, 1.54) is 0 Å². The molecule has 6 nitrogen and oxygen atoms in total. The second kappa shape index (κ2) is 11.3. The van der Waals surface area contributed by atoms with Crippen molar-refractivity contribution in [3.05, 3.63) is 83.9 Å². The van der Waals surface area contributed by atoms with Crippen molar-refractivity contribution in [2.24, 2.45) is 0 Å². The maximum Gasteiger partial charge on any atom is 0.300 e. The van der Waals surface area contributed by atoms with Crippen molar-refractivity contribution >= 4 is 5.97 Å². The quantitative estimate of drug-likeness (QED) is 0.328. The molecule has 0 amide bonds. The van der Waals surface area contributed by atoms with Gasteiger partial charge in [0.2, 0.25) is 0 Å². The first-order chi connectivity index (χ1) is 15.2. The Kier molecular flexibility index (Phi) is 8.74. The van der Waals surface area contributed by atoms with E-state index in [9.17, 15) is 10.2 Å². The third-order valence-electron chi connectivity index (χ3n) is 4.62. The van der Waals surface area contributed by atoms with Gasteiger partial charge in [-0.05, 0) is 62.4 Å². The molecule has 0 spiro atoms. The average molecular weight is 483 g/mol. The fourth-order valence-electron chi connectivity index (χ4n) is 3.16. The summed E-state index contributed by atoms with van der Waals surface area (Å²) in [5, 5.41) is 27.8. The van der Waals surface area contributed by atoms with Gasteiger partial charge in [-0.1, -0.05) is 35.4 Å². The number of nitrogens with zero attached hydrogens (tertiary/aromatic N) is 2. The standard InChI is InChI=1S/C24H20N2O2.C2H4O2.Mn/c1-15-9-11-23(27)17(13-15)19-5-3-7-21(25-19)22-8-4-6-20(26-22)18-14-16(2)10-12-24(18)28;1-2(3)4;/h3-14,27-28H,1-2H3;1H3,(H,3,4);. The number of aryl methyl sites for hydroxylation is 2. The second-order valence-corrected chi connectivity index (χ2v) is 7.38. The van der Waals surface area contributed by atoms with Crippen molar-refractivity contribution in [3.8, 4) is 45.4 Å². The van der Waals surface area contributed by atoms with Crippen LogP contribution in [0.4, 0.5) is 0 Å². The van der Waals surface area contributed by atoms with E-state index >= 15 is 0 Å². The molecular weight excluding hydrogens is 459 g/mol. The Morgan fingerprint density at radius 2 is 1.00 bits per heavy atom. The average Bonchev–Trinajstić information content (AvgIpc) is 2.77. The minimum atomic E-state index is -0.833. The number of phenolic OH excluding ortho intramolecular Hbond substituents is 2. The van der Waals surface area contributed by atoms with Crippen LogP contribution in [0.3, 0.4) is 0 Å². The van der Waals surface area contributed by atoms with Crippen LogP contribution >= 0.6 is 0 Å². The summed E-state index contributed by atoms with van der Waals surface area (Å²) >= 11 is 0. The van der Waals surface area contributed by atoms with Gasteiger partial charge in [0.25, 0.3) is 5.97 Å². The number of pyridine rings is 2. The van der Waals surface area contributed by atoms with Crippen molar-refractivity contribution in [1.29, 1.82) is 0 Å². The third-order valence-corrected chi connectivity index (χ3v) is 4.62. The van der Waals surface area contributed by atoms with Crippen LogP contribution in [0, 0.1) is 13.8 Å². The monoisotopic (exact) mass is 483 g/mol. The Hall–Kier alpha value is -3.67. The normalized spacial score (nSPS) is 9.91. The molecule has 169 valence electrons. The molecule has 1 radical (unpaired) electrons. The van der Waals surface area contributed by atoms with Crippen LogP contribution in [0.15, 0.2) is 72.8 Å². The van der Waals surface area contributed by atoms with Crippen LogP contribution in [0.1, 0.15) is 18.1 Å². The molecule has 4 rings (SSSR count). The molecule has 0 atom stereocenters. The van der Waals surface area contributed by atoms with Crippen molar-refractivity contribution in [2.75, 3.05) is 0 Å². The summed E-state index contributed by atoms with van der Waals surface area (Å²) in [5.41, 5.74) is 6.25. The van der Waals surface area contributed by atoms with Crippen LogP contribution < -0.4 is 0 Å². The molecule has 0 saturated carbocycles. The summed E-state index contributed by atoms with van der Waals surface area (Å²) in [4.78, 5) is 18.4. The number of hydrogen-bond donors (Lipinski definition) is 3. The number of benzene rings is 2. The Morgan fingerprint density at radius 1 is 0.667 bits per heavy atom. The molecule has 7 heteroatoms. The number of aromatic nitrogens is 2. The van der Waals surface area contributed by atoms with Gasteiger partial charge in [0.15, 0.2) is 0 Å². The number of rotatable bonds is 3. The topological polar surface area (TPSA) is 104 Å². The van der Waals surface area contributed by atoms with E-state index in [2.05, 4.69) is 0 Å². The number of carbonyl (C=O) groups is 1. The Balaban J connectivity index is 0.000000714. The Morgan fingerprint density at radius 3 is 1.36 bits per heavy atom. The van der Waals surface area contributed by atoms with Crippen LogP contribution in [0.2, 0.25) is 0 Å². The predicted molar refractivity (Wildman–Crippen MR) is 124 cm³/mol. The van der Waals surface area contributed by atoms with Gasteiger partial charge < -0.3 is 15.3 Å². The Bertz CT molecular complexity index is 1180. The van der Waals surface area contributed by atoms with Gasteiger partial charge in [0.05, 0.1) is 22.8 Å². The number of phenols is 2. The summed E-state index contributed by atoms with van der Waals surface area (Å²) in [5.74, 6) is -0.441. The van der Waals surface area contributed by atoms with Gasteiger partial charge in [-0.3, -0.25) is 4.79 Å². The van der Waals surface area contributed by atoms with E-state index in [0.717, 1.165) is 18.1 Å². The molecule has 2 aromatic heterocycles.